The minimum Gasteiger partial charge on any atom is -0.384 e. The Balaban J connectivity index is 3.49. The van der Waals surface area contributed by atoms with Crippen LogP contribution in [-0.4, -0.2) is 46.3 Å². The van der Waals surface area contributed by atoms with Gasteiger partial charge in [0.2, 0.25) is 0 Å². The maximum Gasteiger partial charge on any atom is 0.121 e. The zero-order valence-corrected chi connectivity index (χ0v) is 9.58. The summed E-state index contributed by atoms with van der Waals surface area (Å²) >= 11 is 0. The van der Waals surface area contributed by atoms with Crippen molar-refractivity contribution < 1.29 is 0 Å². The molecule has 0 aliphatic carbocycles. The summed E-state index contributed by atoms with van der Waals surface area (Å²) in [5, 5.41) is 0. The lowest BCUT2D eigenvalue weighted by Crippen LogP contribution is -2.26. The summed E-state index contributed by atoms with van der Waals surface area (Å²) in [7, 11) is 4.02. The topological polar surface area (TPSA) is 6.48 Å². The number of hydrogen-bond donors (Lipinski definition) is 0. The summed E-state index contributed by atoms with van der Waals surface area (Å²) in [5.41, 5.74) is 2.33. The van der Waals surface area contributed by atoms with E-state index >= 15 is 0 Å². The fourth-order valence-corrected chi connectivity index (χ4v) is 2.22. The van der Waals surface area contributed by atoms with Crippen molar-refractivity contribution in [1.29, 1.82) is 0 Å². The molecule has 0 aliphatic rings. The van der Waals surface area contributed by atoms with Crippen LogP contribution in [0.2, 0.25) is 0 Å². The Morgan fingerprint density at radius 3 is 2.09 bits per heavy atom. The van der Waals surface area contributed by atoms with Crippen molar-refractivity contribution in [2.24, 2.45) is 0 Å². The Morgan fingerprint density at radius 1 is 1.18 bits per heavy atom. The Hall–Kier alpha value is -0.283. The van der Waals surface area contributed by atoms with Crippen molar-refractivity contribution in [2.45, 2.75) is 13.8 Å². The first-order chi connectivity index (χ1) is 5.20. The van der Waals surface area contributed by atoms with E-state index < -0.39 is 0 Å². The maximum atomic E-state index is 2.51. The van der Waals surface area contributed by atoms with Gasteiger partial charge in [-0.05, 0) is 19.3 Å². The van der Waals surface area contributed by atoms with Gasteiger partial charge < -0.3 is 9.47 Å². The molecule has 0 unspecified atom stereocenters. The van der Waals surface area contributed by atoms with Crippen molar-refractivity contribution in [1.82, 2.24) is 9.47 Å². The van der Waals surface area contributed by atoms with Crippen LogP contribution < -0.4 is 0 Å². The second-order valence-corrected chi connectivity index (χ2v) is 4.57. The molecule has 0 aromatic carbocycles. The Morgan fingerprint density at radius 2 is 1.73 bits per heavy atom. The van der Waals surface area contributed by atoms with Crippen LogP contribution in [0.3, 0.4) is 0 Å². The Bertz CT molecular complexity index is 109. The molecule has 0 amide bonds. The summed E-state index contributed by atoms with van der Waals surface area (Å²) in [6.45, 7) is 6.83. The van der Waals surface area contributed by atoms with Gasteiger partial charge >= 0.3 is 0 Å². The maximum absolute atomic E-state index is 2.51. The highest BCUT2D eigenvalue weighted by Gasteiger charge is 1.93. The van der Waals surface area contributed by atoms with Gasteiger partial charge in [-0.2, -0.15) is 0 Å². The largest absolute Gasteiger partial charge is 0.384 e. The van der Waals surface area contributed by atoms with Crippen LogP contribution >= 0.6 is 0 Å². The lowest BCUT2D eigenvalue weighted by atomic mass is 10.7. The summed E-state index contributed by atoms with van der Waals surface area (Å²) in [6, 6.07) is 0. The molecule has 0 aromatic heterocycles. The van der Waals surface area contributed by atoms with Crippen LogP contribution in [0.25, 0.3) is 0 Å². The van der Waals surface area contributed by atoms with Gasteiger partial charge in [-0.15, -0.1) is 0 Å². The highest BCUT2D eigenvalue weighted by molar-refractivity contribution is 6.38. The lowest BCUT2D eigenvalue weighted by Gasteiger charge is -2.15. The standard InChI is InChI=1S/C8H20N2Si/c1-5-10(6-2)11-8-7-9(3)4/h7-8H,5-6,11H2,1-4H3. The molecule has 0 bridgehead atoms. The van der Waals surface area contributed by atoms with E-state index in [0.29, 0.717) is 0 Å². The van der Waals surface area contributed by atoms with Crippen molar-refractivity contribution in [3.63, 3.8) is 0 Å². The van der Waals surface area contributed by atoms with Crippen molar-refractivity contribution >= 4 is 9.68 Å². The fourth-order valence-electron chi connectivity index (χ4n) is 0.889. The first kappa shape index (κ1) is 10.7. The molecule has 0 radical (unpaired) electrons. The van der Waals surface area contributed by atoms with Crippen LogP contribution in [0.4, 0.5) is 0 Å². The van der Waals surface area contributed by atoms with Crippen LogP contribution in [0.1, 0.15) is 13.8 Å². The minimum absolute atomic E-state index is 0.106. The molecular weight excluding hydrogens is 152 g/mol. The highest BCUT2D eigenvalue weighted by Crippen LogP contribution is 1.84. The molecule has 0 rings (SSSR count). The van der Waals surface area contributed by atoms with E-state index in [1.165, 1.54) is 13.1 Å². The third-order valence-corrected chi connectivity index (χ3v) is 3.49. The Labute approximate surface area is 72.8 Å². The van der Waals surface area contributed by atoms with Crippen LogP contribution in [-0.2, 0) is 0 Å². The van der Waals surface area contributed by atoms with Gasteiger partial charge in [-0.1, -0.05) is 19.5 Å². The van der Waals surface area contributed by atoms with Gasteiger partial charge in [-0.25, -0.2) is 0 Å². The molecule has 0 atom stereocenters. The van der Waals surface area contributed by atoms with Crippen molar-refractivity contribution in [2.75, 3.05) is 27.2 Å². The molecule has 0 saturated carbocycles. The molecule has 66 valence electrons. The average molecular weight is 172 g/mol. The van der Waals surface area contributed by atoms with Gasteiger partial charge in [0.05, 0.1) is 0 Å². The van der Waals surface area contributed by atoms with Crippen LogP contribution in [0.5, 0.6) is 0 Å². The van der Waals surface area contributed by atoms with Gasteiger partial charge in [0.15, 0.2) is 0 Å². The molecule has 3 heteroatoms. The average Bonchev–Trinajstić information content (AvgIpc) is 1.98. The monoisotopic (exact) mass is 172 g/mol. The summed E-state index contributed by atoms with van der Waals surface area (Å²) in [6.07, 6.45) is 2.16. The first-order valence-electron chi connectivity index (χ1n) is 4.26. The normalized spacial score (nSPS) is 12.5. The third kappa shape index (κ3) is 6.13. The number of nitrogens with zero attached hydrogens (tertiary/aromatic N) is 2. The van der Waals surface area contributed by atoms with Crippen LogP contribution in [0.15, 0.2) is 11.9 Å². The fraction of sp³-hybridized carbons (Fsp3) is 0.750. The highest BCUT2D eigenvalue weighted by atomic mass is 28.2. The molecule has 0 aliphatic heterocycles. The van der Waals surface area contributed by atoms with E-state index in [2.05, 4.69) is 49.3 Å². The zero-order chi connectivity index (χ0) is 8.69. The van der Waals surface area contributed by atoms with E-state index in [1.807, 2.05) is 0 Å². The molecule has 0 fully saturated rings. The molecule has 2 nitrogen and oxygen atoms in total. The minimum atomic E-state index is -0.106. The van der Waals surface area contributed by atoms with E-state index in [0.717, 1.165) is 0 Å². The molecule has 0 spiro atoms. The van der Waals surface area contributed by atoms with Gasteiger partial charge in [-0.3, -0.25) is 0 Å². The van der Waals surface area contributed by atoms with E-state index in [4.69, 9.17) is 0 Å². The second-order valence-electron chi connectivity index (χ2n) is 2.83. The molecule has 0 N–H and O–H groups in total. The van der Waals surface area contributed by atoms with Crippen LogP contribution in [0, 0.1) is 0 Å². The molecular formula is C8H20N2Si. The quantitative estimate of drug-likeness (QED) is 0.556. The number of hydrogen-bond acceptors (Lipinski definition) is 2. The SMILES string of the molecule is CCN(CC)[SiH2]C=CN(C)C. The lowest BCUT2D eigenvalue weighted by molar-refractivity contribution is 0.497. The predicted octanol–water partition coefficient (Wildman–Crippen LogP) is 0.445. The van der Waals surface area contributed by atoms with E-state index in [1.54, 1.807) is 0 Å². The first-order valence-corrected chi connectivity index (χ1v) is 5.71. The second kappa shape index (κ2) is 6.43. The molecule has 0 saturated heterocycles. The van der Waals surface area contributed by atoms with E-state index in [-0.39, 0.29) is 9.68 Å². The van der Waals surface area contributed by atoms with Crippen molar-refractivity contribution in [3.8, 4) is 0 Å². The van der Waals surface area contributed by atoms with Gasteiger partial charge in [0, 0.05) is 14.1 Å². The molecule has 11 heavy (non-hydrogen) atoms. The summed E-state index contributed by atoms with van der Waals surface area (Å²) in [5.74, 6) is 0. The smallest absolute Gasteiger partial charge is 0.121 e. The Kier molecular flexibility index (Phi) is 6.26. The van der Waals surface area contributed by atoms with Crippen molar-refractivity contribution in [3.05, 3.63) is 11.9 Å². The van der Waals surface area contributed by atoms with E-state index in [9.17, 15) is 0 Å². The third-order valence-electron chi connectivity index (χ3n) is 1.66. The zero-order valence-electron chi connectivity index (χ0n) is 8.17. The summed E-state index contributed by atoms with van der Waals surface area (Å²) < 4.78 is 2.51. The predicted molar refractivity (Wildman–Crippen MR) is 54.3 cm³/mol. The van der Waals surface area contributed by atoms with Gasteiger partial charge in [0.1, 0.15) is 9.68 Å². The summed E-state index contributed by atoms with van der Waals surface area (Å²) in [4.78, 5) is 2.09. The molecule has 0 aromatic rings. The number of rotatable bonds is 5. The van der Waals surface area contributed by atoms with Gasteiger partial charge in [0.25, 0.3) is 0 Å². The molecule has 0 heterocycles.